The molecule has 0 spiro atoms. The van der Waals surface area contributed by atoms with Crippen molar-refractivity contribution in [1.82, 2.24) is 4.98 Å². The average molecular weight is 248 g/mol. The summed E-state index contributed by atoms with van der Waals surface area (Å²) < 4.78 is 0. The number of rotatable bonds is 3. The van der Waals surface area contributed by atoms with E-state index in [1.54, 1.807) is 6.20 Å². The Hall–Kier alpha value is -1.38. The number of benzene rings is 1. The van der Waals surface area contributed by atoms with Gasteiger partial charge in [-0.1, -0.05) is 29.8 Å². The lowest BCUT2D eigenvalue weighted by Crippen LogP contribution is -2.03. The van der Waals surface area contributed by atoms with E-state index in [4.69, 9.17) is 11.6 Å². The standard InChI is InChI=1S/C14H14ClNO/c1-10-5-6-11(8-13(10)15)14(17)9-12-4-2-3-7-16-12/h2-8,14,17H,9H2,1H3. The number of aromatic nitrogens is 1. The van der Waals surface area contributed by atoms with Crippen LogP contribution >= 0.6 is 11.6 Å². The van der Waals surface area contributed by atoms with Crippen molar-refractivity contribution >= 4 is 11.6 Å². The molecule has 17 heavy (non-hydrogen) atoms. The van der Waals surface area contributed by atoms with Crippen molar-refractivity contribution in [3.63, 3.8) is 0 Å². The predicted octanol–water partition coefficient (Wildman–Crippen LogP) is 3.32. The molecule has 1 N–H and O–H groups in total. The molecule has 1 aromatic heterocycles. The second-order valence-electron chi connectivity index (χ2n) is 4.05. The monoisotopic (exact) mass is 247 g/mol. The van der Waals surface area contributed by atoms with Crippen molar-refractivity contribution in [2.75, 3.05) is 0 Å². The Kier molecular flexibility index (Phi) is 3.77. The molecule has 2 aromatic rings. The van der Waals surface area contributed by atoms with Crippen LogP contribution in [0.1, 0.15) is 22.9 Å². The number of aliphatic hydroxyl groups excluding tert-OH is 1. The molecule has 0 bridgehead atoms. The Labute approximate surface area is 106 Å². The molecule has 2 nitrogen and oxygen atoms in total. The first-order valence-corrected chi connectivity index (χ1v) is 5.88. The van der Waals surface area contributed by atoms with Gasteiger partial charge in [0.1, 0.15) is 0 Å². The van der Waals surface area contributed by atoms with Gasteiger partial charge in [0.2, 0.25) is 0 Å². The van der Waals surface area contributed by atoms with Crippen molar-refractivity contribution in [2.24, 2.45) is 0 Å². The molecular weight excluding hydrogens is 234 g/mol. The summed E-state index contributed by atoms with van der Waals surface area (Å²) >= 11 is 6.03. The molecule has 0 radical (unpaired) electrons. The van der Waals surface area contributed by atoms with Gasteiger partial charge in [0.15, 0.2) is 0 Å². The summed E-state index contributed by atoms with van der Waals surface area (Å²) in [6, 6.07) is 11.3. The average Bonchev–Trinajstić information content (AvgIpc) is 2.34. The SMILES string of the molecule is Cc1ccc(C(O)Cc2ccccn2)cc1Cl. The van der Waals surface area contributed by atoms with Crippen LogP contribution in [0.4, 0.5) is 0 Å². The highest BCUT2D eigenvalue weighted by Crippen LogP contribution is 2.23. The van der Waals surface area contributed by atoms with E-state index in [-0.39, 0.29) is 0 Å². The molecule has 0 amide bonds. The minimum atomic E-state index is -0.567. The topological polar surface area (TPSA) is 33.1 Å². The van der Waals surface area contributed by atoms with E-state index in [9.17, 15) is 5.11 Å². The number of hydrogen-bond acceptors (Lipinski definition) is 2. The highest BCUT2D eigenvalue weighted by Gasteiger charge is 2.10. The smallest absolute Gasteiger partial charge is 0.0845 e. The highest BCUT2D eigenvalue weighted by molar-refractivity contribution is 6.31. The fourth-order valence-electron chi connectivity index (χ4n) is 1.65. The molecule has 3 heteroatoms. The van der Waals surface area contributed by atoms with E-state index in [1.807, 2.05) is 43.3 Å². The van der Waals surface area contributed by atoms with Crippen molar-refractivity contribution in [1.29, 1.82) is 0 Å². The minimum absolute atomic E-state index is 0.500. The number of aliphatic hydroxyl groups is 1. The summed E-state index contributed by atoms with van der Waals surface area (Å²) in [6.07, 6.45) is 1.66. The van der Waals surface area contributed by atoms with Crippen molar-refractivity contribution in [3.8, 4) is 0 Å². The second-order valence-corrected chi connectivity index (χ2v) is 4.46. The van der Waals surface area contributed by atoms with Gasteiger partial charge in [-0.2, -0.15) is 0 Å². The first-order valence-electron chi connectivity index (χ1n) is 5.51. The van der Waals surface area contributed by atoms with E-state index in [0.717, 1.165) is 16.8 Å². The summed E-state index contributed by atoms with van der Waals surface area (Å²) in [5.41, 5.74) is 2.71. The van der Waals surface area contributed by atoms with Crippen LogP contribution in [0, 0.1) is 6.92 Å². The van der Waals surface area contributed by atoms with Gasteiger partial charge in [-0.05, 0) is 36.2 Å². The zero-order valence-electron chi connectivity index (χ0n) is 9.60. The lowest BCUT2D eigenvalue weighted by molar-refractivity contribution is 0.177. The summed E-state index contributed by atoms with van der Waals surface area (Å²) in [4.78, 5) is 4.19. The number of hydrogen-bond donors (Lipinski definition) is 1. The molecule has 1 aromatic carbocycles. The normalized spacial score (nSPS) is 12.4. The summed E-state index contributed by atoms with van der Waals surface area (Å²) in [6.45, 7) is 1.94. The third-order valence-electron chi connectivity index (χ3n) is 2.71. The largest absolute Gasteiger partial charge is 0.388 e. The van der Waals surface area contributed by atoms with Crippen LogP contribution < -0.4 is 0 Å². The predicted molar refractivity (Wildman–Crippen MR) is 69.1 cm³/mol. The van der Waals surface area contributed by atoms with Gasteiger partial charge in [0, 0.05) is 23.3 Å². The first kappa shape index (κ1) is 12.1. The highest BCUT2D eigenvalue weighted by atomic mass is 35.5. The molecule has 0 saturated carbocycles. The number of nitrogens with zero attached hydrogens (tertiary/aromatic N) is 1. The van der Waals surface area contributed by atoms with E-state index in [0.29, 0.717) is 11.4 Å². The third-order valence-corrected chi connectivity index (χ3v) is 3.12. The lowest BCUT2D eigenvalue weighted by atomic mass is 10.0. The summed E-state index contributed by atoms with van der Waals surface area (Å²) in [7, 11) is 0. The van der Waals surface area contributed by atoms with E-state index in [1.165, 1.54) is 0 Å². The van der Waals surface area contributed by atoms with Gasteiger partial charge < -0.3 is 5.11 Å². The minimum Gasteiger partial charge on any atom is -0.388 e. The Morgan fingerprint density at radius 3 is 2.76 bits per heavy atom. The summed E-state index contributed by atoms with van der Waals surface area (Å²) in [5, 5.41) is 10.8. The van der Waals surface area contributed by atoms with Crippen LogP contribution in [0.25, 0.3) is 0 Å². The molecule has 0 aliphatic rings. The van der Waals surface area contributed by atoms with Gasteiger partial charge in [0.05, 0.1) is 6.10 Å². The van der Waals surface area contributed by atoms with Crippen molar-refractivity contribution in [2.45, 2.75) is 19.4 Å². The Morgan fingerprint density at radius 1 is 1.29 bits per heavy atom. The maximum atomic E-state index is 10.1. The third kappa shape index (κ3) is 3.05. The van der Waals surface area contributed by atoms with Crippen LogP contribution in [-0.4, -0.2) is 10.1 Å². The number of aryl methyl sites for hydroxylation is 1. The molecule has 2 rings (SSSR count). The van der Waals surface area contributed by atoms with Gasteiger partial charge >= 0.3 is 0 Å². The fraction of sp³-hybridized carbons (Fsp3) is 0.214. The first-order chi connectivity index (χ1) is 8.16. The molecule has 1 heterocycles. The van der Waals surface area contributed by atoms with Gasteiger partial charge in [-0.25, -0.2) is 0 Å². The second kappa shape index (κ2) is 5.30. The van der Waals surface area contributed by atoms with E-state index >= 15 is 0 Å². The molecule has 88 valence electrons. The Balaban J connectivity index is 2.14. The Morgan fingerprint density at radius 2 is 2.12 bits per heavy atom. The van der Waals surface area contributed by atoms with Crippen LogP contribution in [0.2, 0.25) is 5.02 Å². The zero-order chi connectivity index (χ0) is 12.3. The molecule has 0 aliphatic carbocycles. The van der Waals surface area contributed by atoms with E-state index in [2.05, 4.69) is 4.98 Å². The quantitative estimate of drug-likeness (QED) is 0.903. The van der Waals surface area contributed by atoms with Crippen LogP contribution in [0.3, 0.4) is 0 Å². The molecule has 1 atom stereocenters. The fourth-order valence-corrected chi connectivity index (χ4v) is 1.84. The molecule has 0 aliphatic heterocycles. The van der Waals surface area contributed by atoms with Gasteiger partial charge in [0.25, 0.3) is 0 Å². The molecule has 1 unspecified atom stereocenters. The molecule has 0 saturated heterocycles. The van der Waals surface area contributed by atoms with Gasteiger partial charge in [-0.15, -0.1) is 0 Å². The Bertz CT molecular complexity index is 499. The molecular formula is C14H14ClNO. The maximum Gasteiger partial charge on any atom is 0.0845 e. The lowest BCUT2D eigenvalue weighted by Gasteiger charge is -2.11. The summed E-state index contributed by atoms with van der Waals surface area (Å²) in [5.74, 6) is 0. The van der Waals surface area contributed by atoms with Crippen LogP contribution in [-0.2, 0) is 6.42 Å². The van der Waals surface area contributed by atoms with Crippen molar-refractivity contribution < 1.29 is 5.11 Å². The number of pyridine rings is 1. The number of halogens is 1. The maximum absolute atomic E-state index is 10.1. The zero-order valence-corrected chi connectivity index (χ0v) is 10.4. The van der Waals surface area contributed by atoms with Crippen LogP contribution in [0.5, 0.6) is 0 Å². The molecule has 0 fully saturated rings. The van der Waals surface area contributed by atoms with Crippen molar-refractivity contribution in [3.05, 3.63) is 64.4 Å². The van der Waals surface area contributed by atoms with Crippen LogP contribution in [0.15, 0.2) is 42.6 Å². The van der Waals surface area contributed by atoms with Gasteiger partial charge in [-0.3, -0.25) is 4.98 Å². The van der Waals surface area contributed by atoms with E-state index < -0.39 is 6.10 Å².